The third-order valence-corrected chi connectivity index (χ3v) is 4.46. The van der Waals surface area contributed by atoms with Crippen molar-refractivity contribution in [3.8, 4) is 0 Å². The minimum Gasteiger partial charge on any atom is -0.393 e. The van der Waals surface area contributed by atoms with Gasteiger partial charge in [-0.3, -0.25) is 9.80 Å². The second-order valence-electron chi connectivity index (χ2n) is 5.41. The van der Waals surface area contributed by atoms with Crippen molar-refractivity contribution in [2.24, 2.45) is 5.73 Å². The summed E-state index contributed by atoms with van der Waals surface area (Å²) >= 11 is 5.06. The molecule has 2 saturated heterocycles. The third kappa shape index (κ3) is 3.39. The Hall–Kier alpha value is -0.190. The van der Waals surface area contributed by atoms with Crippen molar-refractivity contribution in [3.63, 3.8) is 0 Å². The summed E-state index contributed by atoms with van der Waals surface area (Å²) in [6, 6.07) is 1.36. The van der Waals surface area contributed by atoms with E-state index in [1.165, 1.54) is 45.4 Å². The average molecular weight is 255 g/mol. The molecule has 0 aromatic carbocycles. The fourth-order valence-electron chi connectivity index (χ4n) is 3.28. The molecule has 0 spiro atoms. The number of hydrogen-bond donors (Lipinski definition) is 1. The summed E-state index contributed by atoms with van der Waals surface area (Å²) in [5.74, 6) is 0. The number of hydrogen-bond acceptors (Lipinski definition) is 3. The molecule has 2 unspecified atom stereocenters. The predicted octanol–water partition coefficient (Wildman–Crippen LogP) is 1.61. The van der Waals surface area contributed by atoms with Crippen molar-refractivity contribution < 1.29 is 0 Å². The molecule has 2 atom stereocenters. The maximum Gasteiger partial charge on any atom is 0.0743 e. The molecule has 0 amide bonds. The van der Waals surface area contributed by atoms with Crippen molar-refractivity contribution in [3.05, 3.63) is 0 Å². The third-order valence-electron chi connectivity index (χ3n) is 4.29. The number of thiocarbonyl (C=S) groups is 1. The summed E-state index contributed by atoms with van der Waals surface area (Å²) in [5.41, 5.74) is 5.70. The van der Waals surface area contributed by atoms with Gasteiger partial charge in [-0.15, -0.1) is 0 Å². The summed E-state index contributed by atoms with van der Waals surface area (Å²) in [7, 11) is 0. The summed E-state index contributed by atoms with van der Waals surface area (Å²) in [4.78, 5) is 5.96. The summed E-state index contributed by atoms with van der Waals surface area (Å²) < 4.78 is 0. The zero-order valence-corrected chi connectivity index (χ0v) is 11.7. The molecule has 0 bridgehead atoms. The van der Waals surface area contributed by atoms with Gasteiger partial charge in [0.15, 0.2) is 0 Å². The first-order valence-corrected chi connectivity index (χ1v) is 7.38. The van der Waals surface area contributed by atoms with Crippen molar-refractivity contribution in [1.29, 1.82) is 0 Å². The van der Waals surface area contributed by atoms with Crippen LogP contribution in [0.3, 0.4) is 0 Å². The van der Waals surface area contributed by atoms with Crippen LogP contribution in [0.15, 0.2) is 0 Å². The molecule has 0 aliphatic carbocycles. The zero-order chi connectivity index (χ0) is 12.3. The van der Waals surface area contributed by atoms with Gasteiger partial charge < -0.3 is 5.73 Å². The van der Waals surface area contributed by atoms with Gasteiger partial charge in [-0.1, -0.05) is 25.6 Å². The Morgan fingerprint density at radius 1 is 1.35 bits per heavy atom. The van der Waals surface area contributed by atoms with Gasteiger partial charge in [-0.05, 0) is 25.8 Å². The Labute approximate surface area is 110 Å². The highest BCUT2D eigenvalue weighted by atomic mass is 32.1. The SMILES string of the molecule is CCC(CC(N)=S)N1CCN2CCCCC2C1. The molecule has 3 nitrogen and oxygen atoms in total. The molecule has 2 aliphatic rings. The summed E-state index contributed by atoms with van der Waals surface area (Å²) in [5, 5.41) is 0. The molecule has 98 valence electrons. The van der Waals surface area contributed by atoms with Crippen molar-refractivity contribution >= 4 is 17.2 Å². The summed E-state index contributed by atoms with van der Waals surface area (Å²) in [6.07, 6.45) is 6.21. The highest BCUT2D eigenvalue weighted by Crippen LogP contribution is 2.23. The molecule has 2 rings (SSSR count). The number of piperidine rings is 1. The number of nitrogens with two attached hydrogens (primary N) is 1. The van der Waals surface area contributed by atoms with Gasteiger partial charge in [0, 0.05) is 38.1 Å². The van der Waals surface area contributed by atoms with Gasteiger partial charge in [0.1, 0.15) is 0 Å². The van der Waals surface area contributed by atoms with E-state index in [0.717, 1.165) is 18.9 Å². The topological polar surface area (TPSA) is 32.5 Å². The Morgan fingerprint density at radius 3 is 2.88 bits per heavy atom. The molecule has 0 aromatic heterocycles. The Morgan fingerprint density at radius 2 is 2.18 bits per heavy atom. The Balaban J connectivity index is 1.91. The van der Waals surface area contributed by atoms with E-state index in [-0.39, 0.29) is 0 Å². The molecule has 2 aliphatic heterocycles. The second kappa shape index (κ2) is 6.12. The average Bonchev–Trinajstić information content (AvgIpc) is 2.35. The normalized spacial score (nSPS) is 28.6. The van der Waals surface area contributed by atoms with E-state index < -0.39 is 0 Å². The minimum atomic E-state index is 0.566. The maximum absolute atomic E-state index is 5.70. The van der Waals surface area contributed by atoms with Crippen LogP contribution in [0.25, 0.3) is 0 Å². The van der Waals surface area contributed by atoms with Gasteiger partial charge >= 0.3 is 0 Å². The lowest BCUT2D eigenvalue weighted by molar-refractivity contribution is 0.0279. The van der Waals surface area contributed by atoms with E-state index in [4.69, 9.17) is 18.0 Å². The molecule has 2 fully saturated rings. The molecule has 2 heterocycles. The van der Waals surface area contributed by atoms with Gasteiger partial charge in [0.2, 0.25) is 0 Å². The first kappa shape index (κ1) is 13.2. The van der Waals surface area contributed by atoms with Gasteiger partial charge in [0.05, 0.1) is 4.99 Å². The highest BCUT2D eigenvalue weighted by Gasteiger charge is 2.31. The minimum absolute atomic E-state index is 0.566. The van der Waals surface area contributed by atoms with Gasteiger partial charge in [-0.25, -0.2) is 0 Å². The molecular formula is C13H25N3S. The van der Waals surface area contributed by atoms with Crippen LogP contribution in [0.4, 0.5) is 0 Å². The Bertz CT molecular complexity index is 269. The lowest BCUT2D eigenvalue weighted by Gasteiger charge is -2.46. The van der Waals surface area contributed by atoms with Crippen LogP contribution in [0.2, 0.25) is 0 Å². The van der Waals surface area contributed by atoms with Crippen molar-refractivity contribution in [2.45, 2.75) is 51.1 Å². The molecule has 2 N–H and O–H groups in total. The van der Waals surface area contributed by atoms with E-state index >= 15 is 0 Å². The number of nitrogens with zero attached hydrogens (tertiary/aromatic N) is 2. The van der Waals surface area contributed by atoms with Crippen molar-refractivity contribution in [1.82, 2.24) is 9.80 Å². The van der Waals surface area contributed by atoms with Crippen LogP contribution in [-0.2, 0) is 0 Å². The molecule has 0 aromatic rings. The molecule has 4 heteroatoms. The first-order valence-electron chi connectivity index (χ1n) is 6.97. The molecule has 17 heavy (non-hydrogen) atoms. The van der Waals surface area contributed by atoms with Crippen LogP contribution >= 0.6 is 12.2 Å². The first-order chi connectivity index (χ1) is 8.20. The van der Waals surface area contributed by atoms with E-state index in [9.17, 15) is 0 Å². The molecule has 0 saturated carbocycles. The van der Waals surface area contributed by atoms with Gasteiger partial charge in [0.25, 0.3) is 0 Å². The smallest absolute Gasteiger partial charge is 0.0743 e. The van der Waals surface area contributed by atoms with Crippen LogP contribution in [-0.4, -0.2) is 53.1 Å². The maximum atomic E-state index is 5.70. The standard InChI is InChI=1S/C13H25N3S/c1-2-11(9-13(14)17)16-8-7-15-6-4-3-5-12(15)10-16/h11-12H,2-10H2,1H3,(H2,14,17). The molecular weight excluding hydrogens is 230 g/mol. The van der Waals surface area contributed by atoms with Crippen molar-refractivity contribution in [2.75, 3.05) is 26.2 Å². The Kier molecular flexibility index (Phi) is 4.77. The van der Waals surface area contributed by atoms with E-state index in [0.29, 0.717) is 11.0 Å². The summed E-state index contributed by atoms with van der Waals surface area (Å²) in [6.45, 7) is 7.21. The lowest BCUT2D eigenvalue weighted by Crippen LogP contribution is -2.57. The van der Waals surface area contributed by atoms with Crippen LogP contribution < -0.4 is 5.73 Å². The zero-order valence-electron chi connectivity index (χ0n) is 10.9. The number of piperazine rings is 1. The number of fused-ring (bicyclic) bond motifs is 1. The lowest BCUT2D eigenvalue weighted by atomic mass is 9.97. The van der Waals surface area contributed by atoms with Crippen LogP contribution in [0, 0.1) is 0 Å². The molecule has 0 radical (unpaired) electrons. The van der Waals surface area contributed by atoms with E-state index in [1.54, 1.807) is 0 Å². The number of rotatable bonds is 4. The van der Waals surface area contributed by atoms with E-state index in [2.05, 4.69) is 16.7 Å². The largest absolute Gasteiger partial charge is 0.393 e. The fourth-order valence-corrected chi connectivity index (χ4v) is 3.47. The monoisotopic (exact) mass is 255 g/mol. The fraction of sp³-hybridized carbons (Fsp3) is 0.923. The van der Waals surface area contributed by atoms with Crippen LogP contribution in [0.1, 0.15) is 39.0 Å². The second-order valence-corrected chi connectivity index (χ2v) is 5.94. The predicted molar refractivity (Wildman–Crippen MR) is 76.3 cm³/mol. The highest BCUT2D eigenvalue weighted by molar-refractivity contribution is 7.80. The quantitative estimate of drug-likeness (QED) is 0.774. The van der Waals surface area contributed by atoms with Crippen LogP contribution in [0.5, 0.6) is 0 Å². The van der Waals surface area contributed by atoms with Gasteiger partial charge in [-0.2, -0.15) is 0 Å². The van der Waals surface area contributed by atoms with E-state index in [1.807, 2.05) is 0 Å².